The van der Waals surface area contributed by atoms with Gasteiger partial charge in [0.25, 0.3) is 0 Å². The molecule has 0 saturated carbocycles. The Hall–Kier alpha value is -1.13. The van der Waals surface area contributed by atoms with Gasteiger partial charge < -0.3 is 10.2 Å². The molecule has 1 fully saturated rings. The summed E-state index contributed by atoms with van der Waals surface area (Å²) in [5.41, 5.74) is 0.995. The van der Waals surface area contributed by atoms with Gasteiger partial charge in [0.1, 0.15) is 5.82 Å². The molecule has 0 aromatic heterocycles. The predicted molar refractivity (Wildman–Crippen MR) is 78.2 cm³/mol. The predicted octanol–water partition coefficient (Wildman–Crippen LogP) is 1.94. The second-order valence-corrected chi connectivity index (χ2v) is 5.47. The van der Waals surface area contributed by atoms with Crippen molar-refractivity contribution in [1.29, 1.82) is 0 Å². The fraction of sp³-hybridized carbons (Fsp3) is 0.600. The number of nitrogens with one attached hydrogen (secondary N) is 1. The average Bonchev–Trinajstić information content (AvgIpc) is 2.38. The second-order valence-electron chi connectivity index (χ2n) is 5.47. The van der Waals surface area contributed by atoms with Gasteiger partial charge in [0.15, 0.2) is 0 Å². The van der Waals surface area contributed by atoms with E-state index in [2.05, 4.69) is 29.1 Å². The zero-order chi connectivity index (χ0) is 13.8. The maximum absolute atomic E-state index is 13.4. The van der Waals surface area contributed by atoms with Gasteiger partial charge in [-0.2, -0.15) is 0 Å². The lowest BCUT2D eigenvalue weighted by Crippen LogP contribution is -2.56. The first-order valence-corrected chi connectivity index (χ1v) is 6.99. The lowest BCUT2D eigenvalue weighted by Gasteiger charge is -2.45. The van der Waals surface area contributed by atoms with Crippen LogP contribution in [0.1, 0.15) is 13.3 Å². The molecule has 1 aliphatic rings. The van der Waals surface area contributed by atoms with Crippen molar-refractivity contribution < 1.29 is 4.39 Å². The van der Waals surface area contributed by atoms with Crippen LogP contribution in [0.5, 0.6) is 0 Å². The fourth-order valence-corrected chi connectivity index (χ4v) is 2.85. The number of anilines is 1. The van der Waals surface area contributed by atoms with Crippen LogP contribution < -0.4 is 10.2 Å². The standard InChI is InChI=1S/C15H24FN3/c1-12-10-18(3)15(7-8-17-2)11-19(12)14-6-4-5-13(16)9-14/h4-6,9,12,15,17H,7-8,10-11H2,1-3H3. The largest absolute Gasteiger partial charge is 0.366 e. The third-order valence-electron chi connectivity index (χ3n) is 3.98. The molecule has 1 aromatic carbocycles. The van der Waals surface area contributed by atoms with Crippen molar-refractivity contribution in [2.75, 3.05) is 38.6 Å². The molecule has 0 aliphatic carbocycles. The zero-order valence-corrected chi connectivity index (χ0v) is 12.1. The molecule has 0 amide bonds. The van der Waals surface area contributed by atoms with Crippen molar-refractivity contribution in [2.24, 2.45) is 0 Å². The van der Waals surface area contributed by atoms with E-state index in [4.69, 9.17) is 0 Å². The van der Waals surface area contributed by atoms with Crippen molar-refractivity contribution in [3.8, 4) is 0 Å². The Balaban J connectivity index is 2.11. The van der Waals surface area contributed by atoms with E-state index in [9.17, 15) is 4.39 Å². The van der Waals surface area contributed by atoms with E-state index in [1.807, 2.05) is 13.1 Å². The normalized spacial score (nSPS) is 24.7. The summed E-state index contributed by atoms with van der Waals surface area (Å²) >= 11 is 0. The van der Waals surface area contributed by atoms with E-state index in [0.717, 1.165) is 31.7 Å². The van der Waals surface area contributed by atoms with E-state index >= 15 is 0 Å². The number of halogens is 1. The van der Waals surface area contributed by atoms with Crippen LogP contribution in [0, 0.1) is 5.82 Å². The summed E-state index contributed by atoms with van der Waals surface area (Å²) in [6.07, 6.45) is 1.12. The summed E-state index contributed by atoms with van der Waals surface area (Å²) in [5, 5.41) is 3.21. The lowest BCUT2D eigenvalue weighted by atomic mass is 10.0. The number of nitrogens with zero attached hydrogens (tertiary/aromatic N) is 2. The Morgan fingerprint density at radius 2 is 2.16 bits per heavy atom. The summed E-state index contributed by atoms with van der Waals surface area (Å²) in [6, 6.07) is 7.86. The number of piperazine rings is 1. The fourth-order valence-electron chi connectivity index (χ4n) is 2.85. The maximum Gasteiger partial charge on any atom is 0.125 e. The first-order chi connectivity index (χ1) is 9.11. The molecule has 0 radical (unpaired) electrons. The lowest BCUT2D eigenvalue weighted by molar-refractivity contribution is 0.183. The quantitative estimate of drug-likeness (QED) is 0.897. The number of likely N-dealkylation sites (N-methyl/N-ethyl adjacent to an activating group) is 1. The molecule has 19 heavy (non-hydrogen) atoms. The van der Waals surface area contributed by atoms with Crippen LogP contribution >= 0.6 is 0 Å². The molecule has 1 heterocycles. The van der Waals surface area contributed by atoms with E-state index in [1.54, 1.807) is 12.1 Å². The molecule has 2 atom stereocenters. The van der Waals surface area contributed by atoms with Crippen LogP contribution in [0.4, 0.5) is 10.1 Å². The highest BCUT2D eigenvalue weighted by molar-refractivity contribution is 5.48. The van der Waals surface area contributed by atoms with Crippen molar-refractivity contribution in [1.82, 2.24) is 10.2 Å². The number of rotatable bonds is 4. The highest BCUT2D eigenvalue weighted by atomic mass is 19.1. The molecule has 1 aromatic rings. The average molecular weight is 265 g/mol. The molecule has 2 rings (SSSR count). The highest BCUT2D eigenvalue weighted by Gasteiger charge is 2.29. The molecule has 1 saturated heterocycles. The van der Waals surface area contributed by atoms with E-state index in [1.165, 1.54) is 6.07 Å². The number of hydrogen-bond donors (Lipinski definition) is 1. The third kappa shape index (κ3) is 3.45. The molecular formula is C15H24FN3. The maximum atomic E-state index is 13.4. The molecule has 4 heteroatoms. The molecule has 0 spiro atoms. The molecule has 0 bridgehead atoms. The summed E-state index contributed by atoms with van der Waals surface area (Å²) < 4.78 is 13.4. The van der Waals surface area contributed by atoms with Crippen LogP contribution in [-0.4, -0.2) is 50.7 Å². The van der Waals surface area contributed by atoms with Crippen LogP contribution in [-0.2, 0) is 0 Å². The zero-order valence-electron chi connectivity index (χ0n) is 12.1. The Morgan fingerprint density at radius 1 is 1.37 bits per heavy atom. The van der Waals surface area contributed by atoms with Crippen LogP contribution in [0.25, 0.3) is 0 Å². The first kappa shape index (κ1) is 14.3. The molecule has 1 aliphatic heterocycles. The topological polar surface area (TPSA) is 18.5 Å². The van der Waals surface area contributed by atoms with Crippen LogP contribution in [0.15, 0.2) is 24.3 Å². The van der Waals surface area contributed by atoms with E-state index < -0.39 is 0 Å². The smallest absolute Gasteiger partial charge is 0.125 e. The minimum absolute atomic E-state index is 0.157. The monoisotopic (exact) mass is 265 g/mol. The van der Waals surface area contributed by atoms with Crippen molar-refractivity contribution in [3.05, 3.63) is 30.1 Å². The molecule has 2 unspecified atom stereocenters. The van der Waals surface area contributed by atoms with Gasteiger partial charge >= 0.3 is 0 Å². The van der Waals surface area contributed by atoms with Crippen molar-refractivity contribution in [2.45, 2.75) is 25.4 Å². The summed E-state index contributed by atoms with van der Waals surface area (Å²) in [5.74, 6) is -0.157. The van der Waals surface area contributed by atoms with Crippen molar-refractivity contribution in [3.63, 3.8) is 0 Å². The van der Waals surface area contributed by atoms with E-state index in [0.29, 0.717) is 12.1 Å². The van der Waals surface area contributed by atoms with Gasteiger partial charge in [0.2, 0.25) is 0 Å². The van der Waals surface area contributed by atoms with Crippen LogP contribution in [0.2, 0.25) is 0 Å². The Bertz CT molecular complexity index is 410. The van der Waals surface area contributed by atoms with Crippen LogP contribution in [0.3, 0.4) is 0 Å². The summed E-state index contributed by atoms with van der Waals surface area (Å²) in [4.78, 5) is 4.74. The Kier molecular flexibility index (Phi) is 4.77. The first-order valence-electron chi connectivity index (χ1n) is 6.99. The van der Waals surface area contributed by atoms with Gasteiger partial charge in [-0.25, -0.2) is 4.39 Å². The summed E-state index contributed by atoms with van der Waals surface area (Å²) in [7, 11) is 4.16. The van der Waals surface area contributed by atoms with Gasteiger partial charge in [-0.15, -0.1) is 0 Å². The Morgan fingerprint density at radius 3 is 2.84 bits per heavy atom. The third-order valence-corrected chi connectivity index (χ3v) is 3.98. The minimum atomic E-state index is -0.157. The van der Waals surface area contributed by atoms with Gasteiger partial charge in [0.05, 0.1) is 0 Å². The molecule has 1 N–H and O–H groups in total. The molecule has 3 nitrogen and oxygen atoms in total. The Labute approximate surface area is 115 Å². The highest BCUT2D eigenvalue weighted by Crippen LogP contribution is 2.24. The number of hydrogen-bond acceptors (Lipinski definition) is 3. The minimum Gasteiger partial charge on any atom is -0.366 e. The molecule has 106 valence electrons. The van der Waals surface area contributed by atoms with Gasteiger partial charge in [-0.3, -0.25) is 4.90 Å². The molecular weight excluding hydrogens is 241 g/mol. The van der Waals surface area contributed by atoms with Gasteiger partial charge in [-0.05, 0) is 52.2 Å². The van der Waals surface area contributed by atoms with Gasteiger partial charge in [0, 0.05) is 30.9 Å². The second kappa shape index (κ2) is 6.35. The van der Waals surface area contributed by atoms with E-state index in [-0.39, 0.29) is 5.82 Å². The summed E-state index contributed by atoms with van der Waals surface area (Å²) in [6.45, 7) is 5.20. The van der Waals surface area contributed by atoms with Gasteiger partial charge in [-0.1, -0.05) is 6.07 Å². The van der Waals surface area contributed by atoms with Crippen molar-refractivity contribution >= 4 is 5.69 Å². The number of benzene rings is 1. The SMILES string of the molecule is CNCCC1CN(c2cccc(F)c2)C(C)CN1C.